The lowest BCUT2D eigenvalue weighted by Gasteiger charge is -2.55. The molecule has 0 spiro atoms. The van der Waals surface area contributed by atoms with Gasteiger partial charge in [-0.2, -0.15) is 0 Å². The average molecular weight is 374 g/mol. The molecule has 1 aromatic rings. The number of carbonyl (C=O) groups excluding carboxylic acids is 3. The van der Waals surface area contributed by atoms with Gasteiger partial charge in [-0.3, -0.25) is 14.4 Å². The lowest BCUT2D eigenvalue weighted by Crippen LogP contribution is -2.75. The number of allylic oxidation sites excluding steroid dienone is 1. The number of hydrogen-bond donors (Lipinski definition) is 5. The minimum atomic E-state index is -2.84. The Morgan fingerprint density at radius 3 is 2.41 bits per heavy atom. The van der Waals surface area contributed by atoms with E-state index in [2.05, 4.69) is 0 Å². The predicted octanol–water partition coefficient (Wildman–Crippen LogP) is -0.591. The van der Waals surface area contributed by atoms with Crippen molar-refractivity contribution in [3.05, 3.63) is 40.5 Å². The molecule has 1 fully saturated rings. The highest BCUT2D eigenvalue weighted by molar-refractivity contribution is 6.30. The zero-order valence-electron chi connectivity index (χ0n) is 14.4. The van der Waals surface area contributed by atoms with Crippen LogP contribution in [0.25, 0.3) is 0 Å². The fourth-order valence-corrected chi connectivity index (χ4v) is 4.61. The van der Waals surface area contributed by atoms with Crippen molar-refractivity contribution in [3.63, 3.8) is 0 Å². The van der Waals surface area contributed by atoms with Crippen molar-refractivity contribution in [2.24, 2.45) is 0 Å². The summed E-state index contributed by atoms with van der Waals surface area (Å²) in [4.78, 5) is 38.8. The molecule has 0 saturated heterocycles. The van der Waals surface area contributed by atoms with E-state index in [1.165, 1.54) is 18.2 Å². The van der Waals surface area contributed by atoms with Gasteiger partial charge in [-0.05, 0) is 25.8 Å². The Morgan fingerprint density at radius 1 is 1.07 bits per heavy atom. The highest BCUT2D eigenvalue weighted by Gasteiger charge is 2.70. The molecule has 1 saturated carbocycles. The van der Waals surface area contributed by atoms with Crippen LogP contribution >= 0.6 is 0 Å². The van der Waals surface area contributed by atoms with E-state index >= 15 is 0 Å². The largest absolute Gasteiger partial charge is 0.507 e. The number of hydrogen-bond acceptors (Lipinski definition) is 8. The van der Waals surface area contributed by atoms with Crippen molar-refractivity contribution < 1.29 is 39.9 Å². The SMILES string of the molecule is CC1(O)CC2(O)CCC3=C(C(=O)c4cccc(O)c4C3=O)C2(O)C(=O)C1O. The van der Waals surface area contributed by atoms with E-state index in [0.717, 1.165) is 6.92 Å². The summed E-state index contributed by atoms with van der Waals surface area (Å²) >= 11 is 0. The van der Waals surface area contributed by atoms with E-state index in [4.69, 9.17) is 0 Å². The van der Waals surface area contributed by atoms with E-state index in [1.54, 1.807) is 0 Å². The van der Waals surface area contributed by atoms with E-state index in [9.17, 15) is 39.9 Å². The third kappa shape index (κ3) is 1.98. The minimum Gasteiger partial charge on any atom is -0.507 e. The van der Waals surface area contributed by atoms with Gasteiger partial charge in [0.2, 0.25) is 5.78 Å². The van der Waals surface area contributed by atoms with Gasteiger partial charge in [0.15, 0.2) is 17.2 Å². The molecule has 0 amide bonds. The van der Waals surface area contributed by atoms with Gasteiger partial charge in [0.1, 0.15) is 17.5 Å². The lowest BCUT2D eigenvalue weighted by molar-refractivity contribution is -0.224. The molecule has 3 aliphatic carbocycles. The van der Waals surface area contributed by atoms with Gasteiger partial charge in [0.05, 0.1) is 11.2 Å². The number of phenols is 1. The second-order valence-electron chi connectivity index (χ2n) is 7.75. The Bertz CT molecular complexity index is 958. The molecule has 27 heavy (non-hydrogen) atoms. The number of aromatic hydroxyl groups is 1. The highest BCUT2D eigenvalue weighted by atomic mass is 16.4. The number of fused-ring (bicyclic) bond motifs is 3. The fourth-order valence-electron chi connectivity index (χ4n) is 4.61. The van der Waals surface area contributed by atoms with E-state index in [0.29, 0.717) is 0 Å². The molecule has 4 atom stereocenters. The summed E-state index contributed by atoms with van der Waals surface area (Å²) in [6.07, 6.45) is -3.03. The van der Waals surface area contributed by atoms with Crippen LogP contribution in [0.1, 0.15) is 46.9 Å². The summed E-state index contributed by atoms with van der Waals surface area (Å²) in [5, 5.41) is 52.7. The summed E-state index contributed by atoms with van der Waals surface area (Å²) in [6.45, 7) is 1.15. The van der Waals surface area contributed by atoms with Crippen molar-refractivity contribution in [1.82, 2.24) is 0 Å². The van der Waals surface area contributed by atoms with Crippen LogP contribution in [0.3, 0.4) is 0 Å². The standard InChI is InChI=1S/C19H18O8/c1-17(25)7-18(26)6-5-9-12(19(18,27)16(24)15(17)23)14(22)8-3-2-4-10(20)11(8)13(9)21/h2-4,15,20,23,25-27H,5-7H2,1H3. The van der Waals surface area contributed by atoms with Crippen molar-refractivity contribution in [2.45, 2.75) is 49.1 Å². The molecular weight excluding hydrogens is 356 g/mol. The normalized spacial score (nSPS) is 38.4. The first-order valence-electron chi connectivity index (χ1n) is 8.50. The van der Waals surface area contributed by atoms with Crippen LogP contribution in [0.5, 0.6) is 5.75 Å². The number of aliphatic hydroxyl groups is 4. The second kappa shape index (κ2) is 5.11. The molecule has 3 aliphatic rings. The molecule has 8 heteroatoms. The topological polar surface area (TPSA) is 152 Å². The Morgan fingerprint density at radius 2 is 1.74 bits per heavy atom. The molecule has 142 valence electrons. The number of phenolic OH excluding ortho intramolecular Hbond substituents is 1. The first kappa shape index (κ1) is 18.0. The Hall–Kier alpha value is -2.39. The van der Waals surface area contributed by atoms with E-state index in [1.807, 2.05) is 0 Å². The molecule has 0 aromatic heterocycles. The van der Waals surface area contributed by atoms with Crippen LogP contribution in [-0.2, 0) is 4.79 Å². The number of ketones is 3. The van der Waals surface area contributed by atoms with Gasteiger partial charge >= 0.3 is 0 Å². The minimum absolute atomic E-state index is 0.133. The van der Waals surface area contributed by atoms with Crippen LogP contribution in [0, 0.1) is 0 Å². The molecule has 8 nitrogen and oxygen atoms in total. The van der Waals surface area contributed by atoms with Crippen molar-refractivity contribution in [2.75, 3.05) is 0 Å². The third-order valence-corrected chi connectivity index (χ3v) is 5.99. The molecule has 0 aliphatic heterocycles. The molecule has 0 radical (unpaired) electrons. The summed E-state index contributed by atoms with van der Waals surface area (Å²) in [7, 11) is 0. The van der Waals surface area contributed by atoms with Gasteiger partial charge in [-0.15, -0.1) is 0 Å². The monoisotopic (exact) mass is 374 g/mol. The van der Waals surface area contributed by atoms with Gasteiger partial charge in [-0.1, -0.05) is 12.1 Å². The molecule has 5 N–H and O–H groups in total. The van der Waals surface area contributed by atoms with E-state index in [-0.39, 0.29) is 29.5 Å². The van der Waals surface area contributed by atoms with Gasteiger partial charge in [0, 0.05) is 23.1 Å². The summed E-state index contributed by atoms with van der Waals surface area (Å²) < 4.78 is 0. The molecule has 4 rings (SSSR count). The van der Waals surface area contributed by atoms with Crippen molar-refractivity contribution in [3.8, 4) is 5.75 Å². The molecule has 1 aromatic carbocycles. The first-order chi connectivity index (χ1) is 12.5. The first-order valence-corrected chi connectivity index (χ1v) is 8.50. The summed E-state index contributed by atoms with van der Waals surface area (Å²) in [6, 6.07) is 3.86. The fraction of sp³-hybridized carbons (Fsp3) is 0.421. The second-order valence-corrected chi connectivity index (χ2v) is 7.75. The summed E-state index contributed by atoms with van der Waals surface area (Å²) in [5.74, 6) is -3.33. The van der Waals surface area contributed by atoms with Crippen molar-refractivity contribution in [1.29, 1.82) is 0 Å². The van der Waals surface area contributed by atoms with Crippen LogP contribution in [-0.4, -0.2) is 65.8 Å². The number of aliphatic hydroxyl groups excluding tert-OH is 1. The van der Waals surface area contributed by atoms with Crippen LogP contribution in [0.4, 0.5) is 0 Å². The zero-order valence-corrected chi connectivity index (χ0v) is 14.4. The van der Waals surface area contributed by atoms with Crippen LogP contribution < -0.4 is 0 Å². The molecule has 4 unspecified atom stereocenters. The van der Waals surface area contributed by atoms with Crippen LogP contribution in [0.2, 0.25) is 0 Å². The number of benzene rings is 1. The Kier molecular flexibility index (Phi) is 3.40. The maximum Gasteiger partial charge on any atom is 0.203 e. The van der Waals surface area contributed by atoms with Crippen LogP contribution in [0.15, 0.2) is 29.3 Å². The van der Waals surface area contributed by atoms with E-state index < -0.39 is 58.0 Å². The number of Topliss-reactive ketones (excluding diaryl/α,β-unsaturated/α-hetero) is 3. The molecule has 0 heterocycles. The third-order valence-electron chi connectivity index (χ3n) is 5.99. The predicted molar refractivity (Wildman–Crippen MR) is 89.2 cm³/mol. The van der Waals surface area contributed by atoms with Gasteiger partial charge < -0.3 is 25.5 Å². The van der Waals surface area contributed by atoms with Crippen molar-refractivity contribution >= 4 is 17.3 Å². The molecule has 0 bridgehead atoms. The van der Waals surface area contributed by atoms with Gasteiger partial charge in [-0.25, -0.2) is 0 Å². The molecular formula is C19H18O8. The zero-order chi connectivity index (χ0) is 19.9. The lowest BCUT2D eigenvalue weighted by atomic mass is 9.54. The number of carbonyl (C=O) groups is 3. The maximum atomic E-state index is 13.1. The average Bonchev–Trinajstić information content (AvgIpc) is 2.59. The summed E-state index contributed by atoms with van der Waals surface area (Å²) in [5.41, 5.74) is -8.24. The Balaban J connectivity index is 1.99. The quantitative estimate of drug-likeness (QED) is 0.404. The highest BCUT2D eigenvalue weighted by Crippen LogP contribution is 2.53. The van der Waals surface area contributed by atoms with Gasteiger partial charge in [0.25, 0.3) is 0 Å². The Labute approximate surface area is 153 Å². The number of rotatable bonds is 0. The maximum absolute atomic E-state index is 13.1. The smallest absolute Gasteiger partial charge is 0.203 e.